The molecule has 6 nitrogen and oxygen atoms in total. The fraction of sp³-hybridized carbons (Fsp3) is 0.619. The Morgan fingerprint density at radius 3 is 2.86 bits per heavy atom. The maximum Gasteiger partial charge on any atom is 0.191 e. The predicted octanol–water partition coefficient (Wildman–Crippen LogP) is 3.98. The van der Waals surface area contributed by atoms with Gasteiger partial charge in [0.1, 0.15) is 5.76 Å². The summed E-state index contributed by atoms with van der Waals surface area (Å²) in [6, 6.07) is 2.72. The van der Waals surface area contributed by atoms with Crippen molar-refractivity contribution in [2.45, 2.75) is 66.1 Å². The number of hydrogen-bond acceptors (Lipinski definition) is 5. The number of guanidine groups is 1. The first-order valence-corrected chi connectivity index (χ1v) is 11.3. The third-order valence-electron chi connectivity index (χ3n) is 5.37. The van der Waals surface area contributed by atoms with Crippen LogP contribution in [-0.4, -0.2) is 41.7 Å². The Morgan fingerprint density at radius 2 is 2.14 bits per heavy atom. The first-order valence-electron chi connectivity index (χ1n) is 10.4. The number of aliphatic imine (C=N–C) groups is 1. The summed E-state index contributed by atoms with van der Waals surface area (Å²) in [4.78, 5) is 8.90. The molecule has 0 amide bonds. The molecule has 8 heteroatoms. The number of hydrogen-bond donors (Lipinski definition) is 2. The molecule has 0 aliphatic carbocycles. The number of fused-ring (bicyclic) bond motifs is 1. The number of nitrogens with one attached hydrogen (secondary N) is 2. The van der Waals surface area contributed by atoms with Gasteiger partial charge in [0.25, 0.3) is 0 Å². The summed E-state index contributed by atoms with van der Waals surface area (Å²) in [5.74, 6) is 1.80. The molecule has 3 rings (SSSR count). The summed E-state index contributed by atoms with van der Waals surface area (Å²) in [5, 5.41) is 13.3. The molecule has 0 fully saturated rings. The SMILES string of the molecule is CCNC(=NCc1c(CC)noc1CC)NCC(C)N1CCc2sccc2C1.I. The van der Waals surface area contributed by atoms with Gasteiger partial charge >= 0.3 is 0 Å². The van der Waals surface area contributed by atoms with Gasteiger partial charge in [0.2, 0.25) is 0 Å². The lowest BCUT2D eigenvalue weighted by atomic mass is 10.1. The van der Waals surface area contributed by atoms with Gasteiger partial charge < -0.3 is 15.2 Å². The van der Waals surface area contributed by atoms with E-state index in [-0.39, 0.29) is 24.0 Å². The zero-order valence-electron chi connectivity index (χ0n) is 18.0. The molecule has 0 spiro atoms. The molecule has 2 aromatic heterocycles. The number of aromatic nitrogens is 1. The van der Waals surface area contributed by atoms with E-state index in [0.29, 0.717) is 12.6 Å². The van der Waals surface area contributed by atoms with Crippen LogP contribution >= 0.6 is 35.3 Å². The van der Waals surface area contributed by atoms with Crippen molar-refractivity contribution in [3.8, 4) is 0 Å². The van der Waals surface area contributed by atoms with Gasteiger partial charge in [-0.1, -0.05) is 19.0 Å². The minimum Gasteiger partial charge on any atom is -0.361 e. The summed E-state index contributed by atoms with van der Waals surface area (Å²) in [6.45, 7) is 13.1. The molecule has 162 valence electrons. The Hall–Kier alpha value is -1.13. The van der Waals surface area contributed by atoms with Crippen molar-refractivity contribution in [2.24, 2.45) is 4.99 Å². The van der Waals surface area contributed by atoms with Gasteiger partial charge in [-0.25, -0.2) is 4.99 Å². The van der Waals surface area contributed by atoms with Gasteiger partial charge in [0, 0.05) is 49.1 Å². The highest BCUT2D eigenvalue weighted by Crippen LogP contribution is 2.25. The summed E-state index contributed by atoms with van der Waals surface area (Å²) in [5.41, 5.74) is 3.65. The molecule has 1 unspecified atom stereocenters. The normalized spacial score (nSPS) is 15.5. The van der Waals surface area contributed by atoms with Gasteiger partial charge in [-0.05, 0) is 43.7 Å². The summed E-state index contributed by atoms with van der Waals surface area (Å²) in [6.07, 6.45) is 2.88. The van der Waals surface area contributed by atoms with Crippen LogP contribution in [0.5, 0.6) is 0 Å². The molecular formula is C21H34IN5OS. The average Bonchev–Trinajstić information content (AvgIpc) is 3.35. The number of rotatable bonds is 8. The number of nitrogens with zero attached hydrogens (tertiary/aromatic N) is 3. The Labute approximate surface area is 195 Å². The fourth-order valence-electron chi connectivity index (χ4n) is 3.64. The van der Waals surface area contributed by atoms with E-state index in [1.54, 1.807) is 4.88 Å². The smallest absolute Gasteiger partial charge is 0.191 e. The summed E-state index contributed by atoms with van der Waals surface area (Å²) >= 11 is 1.89. The van der Waals surface area contributed by atoms with E-state index in [9.17, 15) is 0 Å². The standard InChI is InChI=1S/C21H33N5OS.HI/c1-5-18-17(19(6-2)27-25-18)13-24-21(22-7-3)23-12-15(4)26-10-8-20-16(14-26)9-11-28-20;/h9,11,15H,5-8,10,12-14H2,1-4H3,(H2,22,23,24);1H. The lowest BCUT2D eigenvalue weighted by molar-refractivity contribution is 0.192. The van der Waals surface area contributed by atoms with Crippen LogP contribution in [0.1, 0.15) is 55.2 Å². The highest BCUT2D eigenvalue weighted by molar-refractivity contribution is 14.0. The molecule has 0 saturated heterocycles. The first-order chi connectivity index (χ1) is 13.7. The van der Waals surface area contributed by atoms with Gasteiger partial charge in [-0.15, -0.1) is 35.3 Å². The quantitative estimate of drug-likeness (QED) is 0.307. The molecular weight excluding hydrogens is 497 g/mol. The van der Waals surface area contributed by atoms with Crippen LogP contribution in [0.2, 0.25) is 0 Å². The van der Waals surface area contributed by atoms with Crippen molar-refractivity contribution in [3.63, 3.8) is 0 Å². The predicted molar refractivity (Wildman–Crippen MR) is 131 cm³/mol. The first kappa shape index (κ1) is 24.1. The van der Waals surface area contributed by atoms with E-state index < -0.39 is 0 Å². The zero-order valence-corrected chi connectivity index (χ0v) is 21.1. The Balaban J connectivity index is 0.00000300. The van der Waals surface area contributed by atoms with Gasteiger partial charge in [0.05, 0.1) is 12.2 Å². The molecule has 0 saturated carbocycles. The van der Waals surface area contributed by atoms with Crippen molar-refractivity contribution < 1.29 is 4.52 Å². The third-order valence-corrected chi connectivity index (χ3v) is 6.39. The van der Waals surface area contributed by atoms with Crippen molar-refractivity contribution in [3.05, 3.63) is 38.9 Å². The lowest BCUT2D eigenvalue weighted by Gasteiger charge is -2.32. The Bertz CT molecular complexity index is 766. The molecule has 1 aliphatic heterocycles. The molecule has 29 heavy (non-hydrogen) atoms. The Kier molecular flexibility index (Phi) is 9.91. The number of halogens is 1. The molecule has 0 bridgehead atoms. The maximum absolute atomic E-state index is 5.46. The van der Waals surface area contributed by atoms with Crippen LogP contribution in [0.15, 0.2) is 21.0 Å². The van der Waals surface area contributed by atoms with Crippen LogP contribution in [0.3, 0.4) is 0 Å². The van der Waals surface area contributed by atoms with Crippen molar-refractivity contribution in [1.82, 2.24) is 20.7 Å². The molecule has 0 aromatic carbocycles. The molecule has 0 radical (unpaired) electrons. The third kappa shape index (κ3) is 6.18. The minimum atomic E-state index is 0. The van der Waals surface area contributed by atoms with E-state index in [1.165, 1.54) is 12.0 Å². The van der Waals surface area contributed by atoms with Gasteiger partial charge in [-0.2, -0.15) is 0 Å². The molecule has 1 aliphatic rings. The van der Waals surface area contributed by atoms with E-state index in [4.69, 9.17) is 9.52 Å². The van der Waals surface area contributed by atoms with Crippen LogP contribution in [-0.2, 0) is 32.4 Å². The van der Waals surface area contributed by atoms with E-state index in [0.717, 1.165) is 62.0 Å². The largest absolute Gasteiger partial charge is 0.361 e. The van der Waals surface area contributed by atoms with Crippen molar-refractivity contribution >= 4 is 41.3 Å². The van der Waals surface area contributed by atoms with Gasteiger partial charge in [-0.3, -0.25) is 4.90 Å². The van der Waals surface area contributed by atoms with E-state index in [1.807, 2.05) is 11.3 Å². The monoisotopic (exact) mass is 531 g/mol. The summed E-state index contributed by atoms with van der Waals surface area (Å²) in [7, 11) is 0. The lowest BCUT2D eigenvalue weighted by Crippen LogP contribution is -2.47. The van der Waals surface area contributed by atoms with Crippen molar-refractivity contribution in [1.29, 1.82) is 0 Å². The topological polar surface area (TPSA) is 65.7 Å². The molecule has 3 heterocycles. The number of thiophene rings is 1. The van der Waals surface area contributed by atoms with Crippen LogP contribution in [0.25, 0.3) is 0 Å². The Morgan fingerprint density at radius 1 is 1.31 bits per heavy atom. The molecule has 2 aromatic rings. The molecule has 1 atom stereocenters. The minimum absolute atomic E-state index is 0. The van der Waals surface area contributed by atoms with Crippen LogP contribution in [0, 0.1) is 0 Å². The highest BCUT2D eigenvalue weighted by Gasteiger charge is 2.21. The van der Waals surface area contributed by atoms with E-state index in [2.05, 4.69) is 59.8 Å². The fourth-order valence-corrected chi connectivity index (χ4v) is 4.53. The highest BCUT2D eigenvalue weighted by atomic mass is 127. The average molecular weight is 532 g/mol. The second-order valence-corrected chi connectivity index (χ2v) is 8.25. The second-order valence-electron chi connectivity index (χ2n) is 7.25. The maximum atomic E-state index is 5.46. The van der Waals surface area contributed by atoms with E-state index >= 15 is 0 Å². The zero-order chi connectivity index (χ0) is 19.9. The molecule has 2 N–H and O–H groups in total. The van der Waals surface area contributed by atoms with Crippen LogP contribution in [0.4, 0.5) is 0 Å². The van der Waals surface area contributed by atoms with Crippen LogP contribution < -0.4 is 10.6 Å². The number of aryl methyl sites for hydroxylation is 2. The van der Waals surface area contributed by atoms with Crippen molar-refractivity contribution in [2.75, 3.05) is 19.6 Å². The van der Waals surface area contributed by atoms with Gasteiger partial charge in [0.15, 0.2) is 5.96 Å². The summed E-state index contributed by atoms with van der Waals surface area (Å²) < 4.78 is 5.46. The second kappa shape index (κ2) is 11.9.